The van der Waals surface area contributed by atoms with Crippen molar-refractivity contribution in [3.8, 4) is 0 Å². The van der Waals surface area contributed by atoms with Gasteiger partial charge in [-0.15, -0.1) is 0 Å². The van der Waals surface area contributed by atoms with Crippen molar-refractivity contribution in [1.29, 1.82) is 0 Å². The number of nitrogens with two attached hydrogens (primary N) is 1. The Labute approximate surface area is 102 Å². The zero-order valence-electron chi connectivity index (χ0n) is 9.46. The summed E-state index contributed by atoms with van der Waals surface area (Å²) in [5.74, 6) is -2.80. The predicted molar refractivity (Wildman–Crippen MR) is 58.9 cm³/mol. The van der Waals surface area contributed by atoms with Crippen molar-refractivity contribution in [2.45, 2.75) is 6.42 Å². The molecule has 96 valence electrons. The number of carboxylic acid groups (broad SMARTS) is 1. The van der Waals surface area contributed by atoms with E-state index in [9.17, 15) is 14.4 Å². The Kier molecular flexibility index (Phi) is 3.05. The third-order valence-corrected chi connectivity index (χ3v) is 2.97. The van der Waals surface area contributed by atoms with Gasteiger partial charge in [0.25, 0.3) is 5.91 Å². The summed E-state index contributed by atoms with van der Waals surface area (Å²) in [6.07, 6.45) is 1.64. The quantitative estimate of drug-likeness (QED) is 0.781. The zero-order chi connectivity index (χ0) is 13.3. The third kappa shape index (κ3) is 2.06. The monoisotopic (exact) mass is 252 g/mol. The Balaban J connectivity index is 2.15. The first-order valence-corrected chi connectivity index (χ1v) is 5.40. The van der Waals surface area contributed by atoms with Gasteiger partial charge in [0.05, 0.1) is 12.2 Å². The van der Waals surface area contributed by atoms with E-state index in [1.165, 1.54) is 11.0 Å². The van der Waals surface area contributed by atoms with Crippen LogP contribution in [0, 0.1) is 5.92 Å². The molecule has 1 aromatic rings. The molecule has 1 saturated heterocycles. The van der Waals surface area contributed by atoms with Gasteiger partial charge in [0.2, 0.25) is 11.7 Å². The van der Waals surface area contributed by atoms with E-state index in [0.717, 1.165) is 6.26 Å². The third-order valence-electron chi connectivity index (χ3n) is 2.97. The average Bonchev–Trinajstić information content (AvgIpc) is 2.97. The van der Waals surface area contributed by atoms with Crippen molar-refractivity contribution in [3.05, 3.63) is 23.7 Å². The minimum Gasteiger partial charge on any atom is -0.478 e. The molecule has 1 aromatic heterocycles. The largest absolute Gasteiger partial charge is 0.478 e. The summed E-state index contributed by atoms with van der Waals surface area (Å²) in [6, 6.07) is 1.22. The Morgan fingerprint density at radius 1 is 1.44 bits per heavy atom. The highest BCUT2D eigenvalue weighted by Crippen LogP contribution is 2.20. The summed E-state index contributed by atoms with van der Waals surface area (Å²) in [7, 11) is 0. The molecular formula is C11H12N2O5. The average molecular weight is 252 g/mol. The standard InChI is InChI=1S/C11H12N2O5/c12-9(14)6-1-3-13(5-6)10(15)8-7(11(16)17)2-4-18-8/h2,4,6H,1,3,5H2,(H2,12,14)(H,16,17). The molecule has 1 atom stereocenters. The van der Waals surface area contributed by atoms with Crippen LogP contribution in [0.25, 0.3) is 0 Å². The van der Waals surface area contributed by atoms with E-state index in [0.29, 0.717) is 13.0 Å². The van der Waals surface area contributed by atoms with Gasteiger partial charge >= 0.3 is 5.97 Å². The topological polar surface area (TPSA) is 114 Å². The molecule has 0 bridgehead atoms. The van der Waals surface area contributed by atoms with Crippen LogP contribution in [0.3, 0.4) is 0 Å². The number of amides is 2. The van der Waals surface area contributed by atoms with Gasteiger partial charge in [-0.25, -0.2) is 4.79 Å². The van der Waals surface area contributed by atoms with Gasteiger partial charge in [-0.05, 0) is 12.5 Å². The van der Waals surface area contributed by atoms with Gasteiger partial charge in [-0.1, -0.05) is 0 Å². The number of primary amides is 1. The summed E-state index contributed by atoms with van der Waals surface area (Å²) >= 11 is 0. The second kappa shape index (κ2) is 4.52. The summed E-state index contributed by atoms with van der Waals surface area (Å²) in [4.78, 5) is 35.3. The number of hydrogen-bond acceptors (Lipinski definition) is 4. The van der Waals surface area contributed by atoms with Crippen LogP contribution in [-0.2, 0) is 4.79 Å². The molecule has 1 fully saturated rings. The van der Waals surface area contributed by atoms with Crippen molar-refractivity contribution >= 4 is 17.8 Å². The second-order valence-corrected chi connectivity index (χ2v) is 4.11. The maximum Gasteiger partial charge on any atom is 0.339 e. The molecule has 0 radical (unpaired) electrons. The first kappa shape index (κ1) is 12.2. The molecule has 1 unspecified atom stereocenters. The lowest BCUT2D eigenvalue weighted by molar-refractivity contribution is -0.121. The first-order chi connectivity index (χ1) is 8.50. The number of aromatic carboxylic acids is 1. The van der Waals surface area contributed by atoms with Crippen LogP contribution < -0.4 is 5.73 Å². The summed E-state index contributed by atoms with van der Waals surface area (Å²) < 4.78 is 4.91. The number of rotatable bonds is 3. The number of furan rings is 1. The molecule has 2 heterocycles. The van der Waals surface area contributed by atoms with Crippen molar-refractivity contribution in [2.24, 2.45) is 11.7 Å². The number of hydrogen-bond donors (Lipinski definition) is 2. The van der Waals surface area contributed by atoms with E-state index in [1.807, 2.05) is 0 Å². The van der Waals surface area contributed by atoms with E-state index in [1.54, 1.807) is 0 Å². The summed E-state index contributed by atoms with van der Waals surface area (Å²) in [5.41, 5.74) is 4.98. The van der Waals surface area contributed by atoms with Crippen molar-refractivity contribution in [3.63, 3.8) is 0 Å². The molecule has 2 amide bonds. The van der Waals surface area contributed by atoms with Gasteiger partial charge in [0, 0.05) is 13.1 Å². The molecule has 0 saturated carbocycles. The highest BCUT2D eigenvalue weighted by molar-refractivity contribution is 6.03. The number of nitrogens with zero attached hydrogens (tertiary/aromatic N) is 1. The highest BCUT2D eigenvalue weighted by atomic mass is 16.4. The molecule has 2 rings (SSSR count). The first-order valence-electron chi connectivity index (χ1n) is 5.40. The molecule has 3 N–H and O–H groups in total. The van der Waals surface area contributed by atoms with Crippen LogP contribution in [0.15, 0.2) is 16.7 Å². The highest BCUT2D eigenvalue weighted by Gasteiger charge is 2.33. The normalized spacial score (nSPS) is 18.9. The Morgan fingerprint density at radius 3 is 2.72 bits per heavy atom. The van der Waals surface area contributed by atoms with Crippen molar-refractivity contribution in [1.82, 2.24) is 4.90 Å². The minimum atomic E-state index is -1.22. The summed E-state index contributed by atoms with van der Waals surface area (Å²) in [6.45, 7) is 0.570. The lowest BCUT2D eigenvalue weighted by Gasteiger charge is -2.14. The van der Waals surface area contributed by atoms with Gasteiger partial charge in [-0.2, -0.15) is 0 Å². The second-order valence-electron chi connectivity index (χ2n) is 4.11. The van der Waals surface area contributed by atoms with E-state index < -0.39 is 17.8 Å². The van der Waals surface area contributed by atoms with Crippen LogP contribution in [0.5, 0.6) is 0 Å². The Morgan fingerprint density at radius 2 is 2.17 bits per heavy atom. The molecule has 0 aliphatic carbocycles. The molecule has 1 aliphatic heterocycles. The fourth-order valence-electron chi connectivity index (χ4n) is 1.96. The Hall–Kier alpha value is -2.31. The maximum atomic E-state index is 12.0. The van der Waals surface area contributed by atoms with E-state index >= 15 is 0 Å². The van der Waals surface area contributed by atoms with Crippen LogP contribution in [0.4, 0.5) is 0 Å². The number of carbonyl (C=O) groups excluding carboxylic acids is 2. The van der Waals surface area contributed by atoms with Crippen molar-refractivity contribution < 1.29 is 23.9 Å². The molecule has 0 aromatic carbocycles. The smallest absolute Gasteiger partial charge is 0.339 e. The van der Waals surface area contributed by atoms with Gasteiger partial charge in [0.15, 0.2) is 0 Å². The van der Waals surface area contributed by atoms with Crippen molar-refractivity contribution in [2.75, 3.05) is 13.1 Å². The molecule has 1 aliphatic rings. The molecule has 18 heavy (non-hydrogen) atoms. The van der Waals surface area contributed by atoms with Crippen LogP contribution >= 0.6 is 0 Å². The molecule has 7 nitrogen and oxygen atoms in total. The Bertz CT molecular complexity index is 507. The molecule has 0 spiro atoms. The number of carbonyl (C=O) groups is 3. The SMILES string of the molecule is NC(=O)C1CCN(C(=O)c2occc2C(=O)O)C1. The van der Waals surface area contributed by atoms with Crippen LogP contribution in [0.1, 0.15) is 27.3 Å². The predicted octanol–water partition coefficient (Wildman–Crippen LogP) is -0.0748. The number of likely N-dealkylation sites (tertiary alicyclic amines) is 1. The van der Waals surface area contributed by atoms with Gasteiger partial charge in [0.1, 0.15) is 5.56 Å². The summed E-state index contributed by atoms with van der Waals surface area (Å²) in [5, 5.41) is 8.88. The zero-order valence-corrected chi connectivity index (χ0v) is 9.46. The maximum absolute atomic E-state index is 12.0. The van der Waals surface area contributed by atoms with Gasteiger partial charge < -0.3 is 20.2 Å². The lowest BCUT2D eigenvalue weighted by atomic mass is 10.1. The van der Waals surface area contributed by atoms with Crippen LogP contribution in [-0.4, -0.2) is 40.9 Å². The fraction of sp³-hybridized carbons (Fsp3) is 0.364. The fourth-order valence-corrected chi connectivity index (χ4v) is 1.96. The minimum absolute atomic E-state index is 0.178. The van der Waals surface area contributed by atoms with E-state index in [4.69, 9.17) is 15.3 Å². The number of carboxylic acids is 1. The molecular weight excluding hydrogens is 240 g/mol. The van der Waals surface area contributed by atoms with E-state index in [-0.39, 0.29) is 23.8 Å². The van der Waals surface area contributed by atoms with E-state index in [2.05, 4.69) is 0 Å². The van der Waals surface area contributed by atoms with Gasteiger partial charge in [-0.3, -0.25) is 9.59 Å². The molecule has 7 heteroatoms. The lowest BCUT2D eigenvalue weighted by Crippen LogP contribution is -2.32. The van der Waals surface area contributed by atoms with Crippen LogP contribution in [0.2, 0.25) is 0 Å².